The zero-order valence-electron chi connectivity index (χ0n) is 9.64. The third-order valence-electron chi connectivity index (χ3n) is 2.26. The van der Waals surface area contributed by atoms with Gasteiger partial charge in [0.05, 0.1) is 7.11 Å². The molecule has 0 radical (unpaired) electrons. The molecule has 0 aliphatic carbocycles. The number of halogens is 1. The number of benzene rings is 1. The van der Waals surface area contributed by atoms with Crippen LogP contribution in [0.15, 0.2) is 35.1 Å². The number of nitrogens with zero attached hydrogens (tertiary/aromatic N) is 2. The molecule has 0 spiro atoms. The quantitative estimate of drug-likeness (QED) is 0.593. The van der Waals surface area contributed by atoms with Crippen LogP contribution < -0.4 is 21.3 Å². The number of nitrogens with two attached hydrogens (primary N) is 1. The van der Waals surface area contributed by atoms with Crippen LogP contribution in [0.2, 0.25) is 0 Å². The average molecular weight is 310 g/mol. The number of hydrogen-bond donors (Lipinski definition) is 3. The summed E-state index contributed by atoms with van der Waals surface area (Å²) in [5.41, 5.74) is 3.34. The van der Waals surface area contributed by atoms with Gasteiger partial charge in [-0.25, -0.2) is 15.8 Å². The largest absolute Gasteiger partial charge is 0.497 e. The first-order valence-electron chi connectivity index (χ1n) is 5.13. The van der Waals surface area contributed by atoms with Crippen molar-refractivity contribution in [3.05, 3.63) is 35.1 Å². The number of nitrogen functional groups attached to an aromatic ring is 1. The molecule has 1 aromatic heterocycles. The normalized spacial score (nSPS) is 9.94. The second-order valence-corrected chi connectivity index (χ2v) is 4.18. The van der Waals surface area contributed by atoms with E-state index in [4.69, 9.17) is 10.6 Å². The van der Waals surface area contributed by atoms with Crippen LogP contribution in [0, 0.1) is 0 Å². The Hall–Kier alpha value is -1.86. The van der Waals surface area contributed by atoms with Crippen LogP contribution in [0.3, 0.4) is 0 Å². The van der Waals surface area contributed by atoms with E-state index in [-0.39, 0.29) is 0 Å². The van der Waals surface area contributed by atoms with Gasteiger partial charge in [0.1, 0.15) is 22.4 Å². The summed E-state index contributed by atoms with van der Waals surface area (Å²) in [5.74, 6) is 7.23. The highest BCUT2D eigenvalue weighted by Crippen LogP contribution is 2.29. The van der Waals surface area contributed by atoms with Gasteiger partial charge in [0, 0.05) is 11.8 Å². The van der Waals surface area contributed by atoms with Gasteiger partial charge in [0.2, 0.25) is 0 Å². The molecule has 6 nitrogen and oxygen atoms in total. The Bertz CT molecular complexity index is 549. The molecule has 4 N–H and O–H groups in total. The number of hydrogen-bond acceptors (Lipinski definition) is 6. The molecular weight excluding hydrogens is 298 g/mol. The van der Waals surface area contributed by atoms with Crippen molar-refractivity contribution in [2.24, 2.45) is 5.84 Å². The standard InChI is InChI=1S/C11H12BrN5O/c1-18-8-4-2-3-7(5-8)16-10-9(12)11(17-13)15-6-14-10/h2-6H,13H2,1H3,(H2,14,15,16,17). The van der Waals surface area contributed by atoms with Crippen molar-refractivity contribution < 1.29 is 4.74 Å². The van der Waals surface area contributed by atoms with Crippen LogP contribution in [-0.4, -0.2) is 17.1 Å². The van der Waals surface area contributed by atoms with Gasteiger partial charge in [-0.2, -0.15) is 0 Å². The highest BCUT2D eigenvalue weighted by molar-refractivity contribution is 9.10. The number of anilines is 3. The monoisotopic (exact) mass is 309 g/mol. The van der Waals surface area contributed by atoms with Crippen LogP contribution in [0.5, 0.6) is 5.75 Å². The van der Waals surface area contributed by atoms with E-state index >= 15 is 0 Å². The minimum atomic E-state index is 0.510. The first kappa shape index (κ1) is 12.6. The lowest BCUT2D eigenvalue weighted by Crippen LogP contribution is -2.10. The molecule has 2 rings (SSSR count). The Morgan fingerprint density at radius 1 is 1.28 bits per heavy atom. The maximum absolute atomic E-state index is 5.34. The average Bonchev–Trinajstić information content (AvgIpc) is 2.41. The first-order chi connectivity index (χ1) is 8.74. The third kappa shape index (κ3) is 2.69. The summed E-state index contributed by atoms with van der Waals surface area (Å²) in [5, 5.41) is 3.15. The maximum Gasteiger partial charge on any atom is 0.159 e. The van der Waals surface area contributed by atoms with E-state index in [0.29, 0.717) is 16.1 Å². The van der Waals surface area contributed by atoms with Crippen molar-refractivity contribution in [1.29, 1.82) is 0 Å². The number of ether oxygens (including phenoxy) is 1. The van der Waals surface area contributed by atoms with E-state index < -0.39 is 0 Å². The fourth-order valence-electron chi connectivity index (χ4n) is 1.40. The smallest absolute Gasteiger partial charge is 0.159 e. The molecule has 0 atom stereocenters. The van der Waals surface area contributed by atoms with Crippen LogP contribution in [0.4, 0.5) is 17.3 Å². The summed E-state index contributed by atoms with van der Waals surface area (Å²) in [6.45, 7) is 0. The molecule has 0 aliphatic rings. The molecule has 0 aliphatic heterocycles. The highest BCUT2D eigenvalue weighted by atomic mass is 79.9. The molecule has 1 aromatic carbocycles. The van der Waals surface area contributed by atoms with E-state index in [1.807, 2.05) is 24.3 Å². The van der Waals surface area contributed by atoms with E-state index in [1.165, 1.54) is 6.33 Å². The minimum absolute atomic E-state index is 0.510. The number of rotatable bonds is 4. The van der Waals surface area contributed by atoms with Crippen molar-refractivity contribution in [1.82, 2.24) is 9.97 Å². The summed E-state index contributed by atoms with van der Waals surface area (Å²) in [6, 6.07) is 7.53. The minimum Gasteiger partial charge on any atom is -0.497 e. The molecule has 0 bridgehead atoms. The molecule has 94 valence electrons. The summed E-state index contributed by atoms with van der Waals surface area (Å²) >= 11 is 3.37. The molecular formula is C11H12BrN5O. The molecule has 0 fully saturated rings. The summed E-state index contributed by atoms with van der Waals surface area (Å²) in [4.78, 5) is 8.11. The molecule has 7 heteroatoms. The van der Waals surface area contributed by atoms with E-state index in [1.54, 1.807) is 7.11 Å². The fourth-order valence-corrected chi connectivity index (χ4v) is 1.81. The number of nitrogens with one attached hydrogen (secondary N) is 2. The molecule has 0 saturated heterocycles. The van der Waals surface area contributed by atoms with Gasteiger partial charge in [-0.1, -0.05) is 6.07 Å². The van der Waals surface area contributed by atoms with Gasteiger partial charge in [0.15, 0.2) is 5.82 Å². The van der Waals surface area contributed by atoms with Gasteiger partial charge in [-0.15, -0.1) is 0 Å². The second kappa shape index (κ2) is 5.65. The van der Waals surface area contributed by atoms with Crippen molar-refractivity contribution >= 4 is 33.3 Å². The molecule has 2 aromatic rings. The molecule has 1 heterocycles. The Labute approximate surface area is 113 Å². The SMILES string of the molecule is COc1cccc(Nc2ncnc(NN)c2Br)c1. The zero-order valence-corrected chi connectivity index (χ0v) is 11.2. The van der Waals surface area contributed by atoms with Crippen LogP contribution >= 0.6 is 15.9 Å². The predicted molar refractivity (Wildman–Crippen MR) is 73.8 cm³/mol. The molecule has 0 amide bonds. The van der Waals surface area contributed by atoms with Crippen LogP contribution in [-0.2, 0) is 0 Å². The third-order valence-corrected chi connectivity index (χ3v) is 3.01. The van der Waals surface area contributed by atoms with Gasteiger partial charge >= 0.3 is 0 Å². The van der Waals surface area contributed by atoms with Gasteiger partial charge in [0.25, 0.3) is 0 Å². The van der Waals surface area contributed by atoms with Crippen molar-refractivity contribution in [2.75, 3.05) is 17.9 Å². The topological polar surface area (TPSA) is 85.1 Å². The fraction of sp³-hybridized carbons (Fsp3) is 0.0909. The summed E-state index contributed by atoms with van der Waals surface area (Å²) < 4.78 is 5.81. The first-order valence-corrected chi connectivity index (χ1v) is 5.92. The lowest BCUT2D eigenvalue weighted by molar-refractivity contribution is 0.415. The Balaban J connectivity index is 2.28. The van der Waals surface area contributed by atoms with Crippen molar-refractivity contribution in [3.8, 4) is 5.75 Å². The summed E-state index contributed by atoms with van der Waals surface area (Å²) in [6.07, 6.45) is 1.42. The van der Waals surface area contributed by atoms with E-state index in [2.05, 4.69) is 36.6 Å². The van der Waals surface area contributed by atoms with Crippen molar-refractivity contribution in [2.45, 2.75) is 0 Å². The maximum atomic E-state index is 5.34. The highest BCUT2D eigenvalue weighted by Gasteiger charge is 2.07. The predicted octanol–water partition coefficient (Wildman–Crippen LogP) is 2.28. The van der Waals surface area contributed by atoms with Gasteiger partial charge in [-0.3, -0.25) is 0 Å². The number of methoxy groups -OCH3 is 1. The van der Waals surface area contributed by atoms with Gasteiger partial charge in [-0.05, 0) is 28.1 Å². The van der Waals surface area contributed by atoms with E-state index in [0.717, 1.165) is 11.4 Å². The molecule has 0 saturated carbocycles. The summed E-state index contributed by atoms with van der Waals surface area (Å²) in [7, 11) is 1.62. The zero-order chi connectivity index (χ0) is 13.0. The Morgan fingerprint density at radius 2 is 2.06 bits per heavy atom. The Kier molecular flexibility index (Phi) is 3.96. The lowest BCUT2D eigenvalue weighted by atomic mass is 10.3. The second-order valence-electron chi connectivity index (χ2n) is 3.39. The van der Waals surface area contributed by atoms with Crippen molar-refractivity contribution in [3.63, 3.8) is 0 Å². The lowest BCUT2D eigenvalue weighted by Gasteiger charge is -2.10. The van der Waals surface area contributed by atoms with Crippen LogP contribution in [0.25, 0.3) is 0 Å². The molecule has 18 heavy (non-hydrogen) atoms. The van der Waals surface area contributed by atoms with Gasteiger partial charge < -0.3 is 15.5 Å². The van der Waals surface area contributed by atoms with E-state index in [9.17, 15) is 0 Å². The number of hydrazine groups is 1. The van der Waals surface area contributed by atoms with Crippen LogP contribution in [0.1, 0.15) is 0 Å². The number of aromatic nitrogens is 2. The Morgan fingerprint density at radius 3 is 2.78 bits per heavy atom. The molecule has 0 unspecified atom stereocenters.